The second-order valence-corrected chi connectivity index (χ2v) is 13.3. The molecule has 2 nitrogen and oxygen atoms in total. The topological polar surface area (TPSA) is 31.2 Å². The number of hydrogen-bond donors (Lipinski definition) is 0. The molecule has 4 aromatic carbocycles. The van der Waals surface area contributed by atoms with Gasteiger partial charge in [-0.15, -0.1) is 11.8 Å². The first-order valence-electron chi connectivity index (χ1n) is 9.30. The summed E-state index contributed by atoms with van der Waals surface area (Å²) >= 11 is 6.26. The molecule has 144 valence electrons. The van der Waals surface area contributed by atoms with Crippen LogP contribution in [-0.4, -0.2) is 0 Å². The Kier molecular flexibility index (Phi) is 5.94. The largest absolute Gasteiger partial charge is 0.553 e. The molecule has 0 radical (unpaired) electrons. The summed E-state index contributed by atoms with van der Waals surface area (Å²) in [5, 5.41) is 3.28. The standard InChI is InChI=1S/C24H20NOP2S/c26-27(21-13-5-1-6-14-21,22-15-7-2-8-16-22)25-28(29,23-17-9-3-10-18-23)24-19-11-4-12-20-24/h1-20H/q-1. The average Bonchev–Trinajstić information content (AvgIpc) is 2.81. The van der Waals surface area contributed by atoms with Gasteiger partial charge in [-0.25, -0.2) is 0 Å². The highest BCUT2D eigenvalue weighted by atomic mass is 32.4. The Labute approximate surface area is 177 Å². The Morgan fingerprint density at radius 1 is 0.483 bits per heavy atom. The monoisotopic (exact) mass is 432 g/mol. The summed E-state index contributed by atoms with van der Waals surface area (Å²) in [6.45, 7) is 0. The van der Waals surface area contributed by atoms with Crippen LogP contribution < -0.4 is 21.2 Å². The van der Waals surface area contributed by atoms with Crippen molar-refractivity contribution in [1.29, 1.82) is 0 Å². The van der Waals surface area contributed by atoms with Crippen LogP contribution in [-0.2, 0) is 16.4 Å². The molecule has 0 aromatic heterocycles. The van der Waals surface area contributed by atoms with Gasteiger partial charge in [0.1, 0.15) is 0 Å². The second-order valence-electron chi connectivity index (χ2n) is 6.58. The van der Waals surface area contributed by atoms with E-state index in [1.165, 1.54) is 0 Å². The Bertz CT molecular complexity index is 985. The Morgan fingerprint density at radius 3 is 1.07 bits per heavy atom. The highest BCUT2D eigenvalue weighted by molar-refractivity contribution is 8.27. The molecular weight excluding hydrogens is 412 g/mol. The van der Waals surface area contributed by atoms with Gasteiger partial charge in [0.15, 0.2) is 0 Å². The lowest BCUT2D eigenvalue weighted by Crippen LogP contribution is -2.20. The maximum atomic E-state index is 14.6. The van der Waals surface area contributed by atoms with E-state index in [0.717, 1.165) is 10.6 Å². The summed E-state index contributed by atoms with van der Waals surface area (Å²) in [4.78, 5) is 5.10. The molecular formula is C24H20NOP2S-. The molecule has 29 heavy (non-hydrogen) atoms. The molecule has 0 atom stereocenters. The first-order chi connectivity index (χ1) is 14.1. The lowest BCUT2D eigenvalue weighted by molar-refractivity contribution is 0.592. The van der Waals surface area contributed by atoms with Crippen molar-refractivity contribution in [2.75, 3.05) is 0 Å². The predicted octanol–water partition coefficient (Wildman–Crippen LogP) is 5.33. The van der Waals surface area contributed by atoms with Gasteiger partial charge in [-0.3, -0.25) is 0 Å². The normalized spacial score (nSPS) is 11.9. The molecule has 0 fully saturated rings. The van der Waals surface area contributed by atoms with Crippen LogP contribution in [0.25, 0.3) is 4.86 Å². The first kappa shape index (κ1) is 20.0. The molecule has 0 heterocycles. The molecule has 0 bridgehead atoms. The van der Waals surface area contributed by atoms with E-state index in [0.29, 0.717) is 10.6 Å². The van der Waals surface area contributed by atoms with Gasteiger partial charge in [-0.05, 0) is 21.2 Å². The number of rotatable bonds is 6. The highest BCUT2D eigenvalue weighted by Gasteiger charge is 2.24. The zero-order valence-electron chi connectivity index (χ0n) is 15.7. The predicted molar refractivity (Wildman–Crippen MR) is 130 cm³/mol. The van der Waals surface area contributed by atoms with Crippen LogP contribution in [0.3, 0.4) is 0 Å². The first-order valence-corrected chi connectivity index (χ1v) is 13.7. The van der Waals surface area contributed by atoms with Gasteiger partial charge in [0.05, 0.1) is 7.29 Å². The molecule has 4 rings (SSSR count). The minimum atomic E-state index is -3.31. The third kappa shape index (κ3) is 4.06. The Balaban J connectivity index is 1.93. The van der Waals surface area contributed by atoms with E-state index >= 15 is 0 Å². The minimum absolute atomic E-state index is 0.701. The summed E-state index contributed by atoms with van der Waals surface area (Å²) in [5.74, 6) is 0. The number of hydrogen-bond acceptors (Lipinski definition) is 2. The van der Waals surface area contributed by atoms with E-state index in [2.05, 4.69) is 0 Å². The lowest BCUT2D eigenvalue weighted by atomic mass is 10.4. The summed E-state index contributed by atoms with van der Waals surface area (Å²) in [5.41, 5.74) is 0. The van der Waals surface area contributed by atoms with Crippen molar-refractivity contribution in [2.24, 2.45) is 0 Å². The SMILES string of the molecule is O=P([N-]P(=S)(c1ccccc1)c1ccccc1)(c1ccccc1)c1ccccc1. The van der Waals surface area contributed by atoms with E-state index in [-0.39, 0.29) is 0 Å². The zero-order valence-corrected chi connectivity index (χ0v) is 18.3. The van der Waals surface area contributed by atoms with Gasteiger partial charge in [0, 0.05) is 0 Å². The van der Waals surface area contributed by atoms with Crippen LogP contribution in [0, 0.1) is 0 Å². The van der Waals surface area contributed by atoms with E-state index in [4.69, 9.17) is 16.7 Å². The summed E-state index contributed by atoms with van der Waals surface area (Å²) < 4.78 is 14.6. The molecule has 0 aliphatic heterocycles. The van der Waals surface area contributed by atoms with Gasteiger partial charge in [0.2, 0.25) is 0 Å². The summed E-state index contributed by atoms with van der Waals surface area (Å²) in [6, 6.07) is 38.7. The third-order valence-corrected chi connectivity index (χ3v) is 12.6. The van der Waals surface area contributed by atoms with Crippen LogP contribution in [0.1, 0.15) is 0 Å². The van der Waals surface area contributed by atoms with Crippen LogP contribution in [0.2, 0.25) is 0 Å². The third-order valence-electron chi connectivity index (χ3n) is 4.68. The fraction of sp³-hybridized carbons (Fsp3) is 0. The van der Waals surface area contributed by atoms with Crippen molar-refractivity contribution in [3.63, 3.8) is 0 Å². The summed E-state index contributed by atoms with van der Waals surface area (Å²) in [6.07, 6.45) is -2.68. The van der Waals surface area contributed by atoms with Crippen LogP contribution in [0.4, 0.5) is 0 Å². The van der Waals surface area contributed by atoms with Gasteiger partial charge in [-0.1, -0.05) is 128 Å². The average molecular weight is 432 g/mol. The van der Waals surface area contributed by atoms with Crippen molar-refractivity contribution in [3.05, 3.63) is 126 Å². The van der Waals surface area contributed by atoms with Crippen molar-refractivity contribution < 1.29 is 4.57 Å². The maximum absolute atomic E-state index is 14.6. The smallest absolute Gasteiger partial charge is 0.0580 e. The van der Waals surface area contributed by atoms with Crippen LogP contribution >= 0.6 is 13.5 Å². The van der Waals surface area contributed by atoms with Gasteiger partial charge < -0.3 is 9.42 Å². The van der Waals surface area contributed by atoms with Crippen molar-refractivity contribution in [2.45, 2.75) is 0 Å². The highest BCUT2D eigenvalue weighted by Crippen LogP contribution is 2.67. The van der Waals surface area contributed by atoms with Crippen molar-refractivity contribution in [1.82, 2.24) is 0 Å². The van der Waals surface area contributed by atoms with Gasteiger partial charge in [-0.2, -0.15) is 0 Å². The minimum Gasteiger partial charge on any atom is -0.553 e. The van der Waals surface area contributed by atoms with Gasteiger partial charge >= 0.3 is 0 Å². The lowest BCUT2D eigenvalue weighted by Gasteiger charge is -2.44. The van der Waals surface area contributed by atoms with Crippen molar-refractivity contribution in [3.8, 4) is 0 Å². The van der Waals surface area contributed by atoms with E-state index in [1.54, 1.807) is 0 Å². The number of nitrogens with zero attached hydrogens (tertiary/aromatic N) is 1. The van der Waals surface area contributed by atoms with E-state index in [9.17, 15) is 4.57 Å². The molecule has 5 heteroatoms. The molecule has 0 spiro atoms. The van der Waals surface area contributed by atoms with Gasteiger partial charge in [0.25, 0.3) is 0 Å². The fourth-order valence-electron chi connectivity index (χ4n) is 3.20. The Hall–Kier alpha value is -2.28. The quantitative estimate of drug-likeness (QED) is 0.386. The summed E-state index contributed by atoms with van der Waals surface area (Å²) in [7, 11) is -3.31. The molecule has 4 aromatic rings. The second kappa shape index (κ2) is 8.61. The molecule has 0 N–H and O–H groups in total. The van der Waals surface area contributed by atoms with E-state index < -0.39 is 13.5 Å². The zero-order chi connectivity index (χ0) is 20.2. The Morgan fingerprint density at radius 2 is 0.759 bits per heavy atom. The molecule has 0 saturated carbocycles. The number of benzene rings is 4. The van der Waals surface area contributed by atoms with Crippen LogP contribution in [0.5, 0.6) is 0 Å². The molecule has 0 amide bonds. The molecule has 0 unspecified atom stereocenters. The fourth-order valence-corrected chi connectivity index (χ4v) is 10.8. The maximum Gasteiger partial charge on any atom is 0.0580 e. The molecule has 0 aliphatic carbocycles. The van der Waals surface area contributed by atoms with Crippen LogP contribution in [0.15, 0.2) is 121 Å². The van der Waals surface area contributed by atoms with Crippen molar-refractivity contribution >= 4 is 46.5 Å². The molecule has 0 saturated heterocycles. The van der Waals surface area contributed by atoms with E-state index in [1.807, 2.05) is 121 Å². The molecule has 0 aliphatic rings.